The maximum absolute atomic E-state index is 10.6. The second-order valence-corrected chi connectivity index (χ2v) is 5.22. The lowest BCUT2D eigenvalue weighted by atomic mass is 10.1. The third-order valence-electron chi connectivity index (χ3n) is 3.02. The van der Waals surface area contributed by atoms with Gasteiger partial charge in [0.05, 0.1) is 4.92 Å². The number of hydrogen-bond acceptors (Lipinski definition) is 3. The van der Waals surface area contributed by atoms with E-state index in [4.69, 9.17) is 27.9 Å². The number of non-ortho nitro benzene ring substituents is 1. The maximum atomic E-state index is 10.6. The van der Waals surface area contributed by atoms with Crippen molar-refractivity contribution >= 4 is 28.9 Å². The minimum atomic E-state index is -0.452. The summed E-state index contributed by atoms with van der Waals surface area (Å²) in [6.45, 7) is 1.95. The number of nitro groups is 1. The second kappa shape index (κ2) is 6.78. The van der Waals surface area contributed by atoms with Gasteiger partial charge in [-0.15, -0.1) is 0 Å². The molecule has 0 radical (unpaired) electrons. The Hall–Kier alpha value is -1.78. The zero-order valence-corrected chi connectivity index (χ0v) is 12.8. The van der Waals surface area contributed by atoms with Crippen molar-refractivity contribution in [3.05, 3.63) is 68.2 Å². The van der Waals surface area contributed by atoms with Crippen LogP contribution in [0.3, 0.4) is 0 Å². The lowest BCUT2D eigenvalue weighted by molar-refractivity contribution is -0.384. The molecule has 0 aliphatic carbocycles. The van der Waals surface area contributed by atoms with Crippen molar-refractivity contribution in [2.45, 2.75) is 19.4 Å². The van der Waals surface area contributed by atoms with E-state index in [0.717, 1.165) is 5.56 Å². The van der Waals surface area contributed by atoms with E-state index in [0.29, 0.717) is 22.2 Å². The van der Waals surface area contributed by atoms with Gasteiger partial charge in [-0.1, -0.05) is 36.2 Å². The van der Waals surface area contributed by atoms with Gasteiger partial charge < -0.3 is 4.74 Å². The van der Waals surface area contributed by atoms with E-state index in [9.17, 15) is 10.1 Å². The molecule has 0 fully saturated rings. The van der Waals surface area contributed by atoms with E-state index in [-0.39, 0.29) is 11.8 Å². The van der Waals surface area contributed by atoms with Crippen LogP contribution >= 0.6 is 23.2 Å². The summed E-state index contributed by atoms with van der Waals surface area (Å²) in [6, 6.07) is 11.2. The quantitative estimate of drug-likeness (QED) is 0.543. The summed E-state index contributed by atoms with van der Waals surface area (Å²) in [7, 11) is 0. The van der Waals surface area contributed by atoms with Gasteiger partial charge in [-0.25, -0.2) is 0 Å². The lowest BCUT2D eigenvalue weighted by Crippen LogP contribution is -2.08. The number of halogens is 2. The molecule has 0 bridgehead atoms. The Morgan fingerprint density at radius 1 is 1.14 bits per heavy atom. The molecule has 2 aromatic rings. The SMILES string of the molecule is CCC(Oc1ccc([N+](=O)[O-])cc1)c1c(Cl)cccc1Cl. The van der Waals surface area contributed by atoms with Crippen LogP contribution in [0.25, 0.3) is 0 Å². The normalized spacial score (nSPS) is 12.0. The predicted octanol–water partition coefficient (Wildman–Crippen LogP) is 5.43. The van der Waals surface area contributed by atoms with Gasteiger partial charge in [0.2, 0.25) is 0 Å². The fraction of sp³-hybridized carbons (Fsp3) is 0.200. The van der Waals surface area contributed by atoms with Crippen LogP contribution in [0.1, 0.15) is 25.0 Å². The van der Waals surface area contributed by atoms with Crippen molar-refractivity contribution in [2.24, 2.45) is 0 Å². The Morgan fingerprint density at radius 2 is 1.71 bits per heavy atom. The molecule has 1 atom stereocenters. The van der Waals surface area contributed by atoms with Crippen molar-refractivity contribution in [3.63, 3.8) is 0 Å². The summed E-state index contributed by atoms with van der Waals surface area (Å²) < 4.78 is 5.85. The van der Waals surface area contributed by atoms with Gasteiger partial charge in [0.1, 0.15) is 11.9 Å². The van der Waals surface area contributed by atoms with Crippen molar-refractivity contribution in [3.8, 4) is 5.75 Å². The average Bonchev–Trinajstić information content (AvgIpc) is 2.46. The smallest absolute Gasteiger partial charge is 0.269 e. The number of nitrogens with zero attached hydrogens (tertiary/aromatic N) is 1. The first kappa shape index (κ1) is 15.6. The molecule has 0 aliphatic rings. The molecular formula is C15H13Cl2NO3. The summed E-state index contributed by atoms with van der Waals surface area (Å²) in [4.78, 5) is 10.2. The summed E-state index contributed by atoms with van der Waals surface area (Å²) in [5.41, 5.74) is 0.743. The first-order chi connectivity index (χ1) is 10.0. The zero-order valence-electron chi connectivity index (χ0n) is 11.3. The van der Waals surface area contributed by atoms with Crippen LogP contribution in [0.4, 0.5) is 5.69 Å². The number of nitro benzene ring substituents is 1. The van der Waals surface area contributed by atoms with E-state index < -0.39 is 4.92 Å². The molecule has 2 aromatic carbocycles. The van der Waals surface area contributed by atoms with Crippen molar-refractivity contribution < 1.29 is 9.66 Å². The van der Waals surface area contributed by atoms with E-state index in [1.165, 1.54) is 12.1 Å². The molecule has 0 amide bonds. The molecular weight excluding hydrogens is 313 g/mol. The molecule has 21 heavy (non-hydrogen) atoms. The average molecular weight is 326 g/mol. The van der Waals surface area contributed by atoms with E-state index in [1.807, 2.05) is 6.92 Å². The zero-order chi connectivity index (χ0) is 15.4. The topological polar surface area (TPSA) is 52.4 Å². The fourth-order valence-corrected chi connectivity index (χ4v) is 2.62. The maximum Gasteiger partial charge on any atom is 0.269 e. The molecule has 0 heterocycles. The highest BCUT2D eigenvalue weighted by Gasteiger charge is 2.18. The number of hydrogen-bond donors (Lipinski definition) is 0. The van der Waals surface area contributed by atoms with Crippen LogP contribution in [0.2, 0.25) is 10.0 Å². The predicted molar refractivity (Wildman–Crippen MR) is 83.2 cm³/mol. The van der Waals surface area contributed by atoms with Crippen molar-refractivity contribution in [2.75, 3.05) is 0 Å². The first-order valence-corrected chi connectivity index (χ1v) is 7.13. The molecule has 0 aliphatic heterocycles. The van der Waals surface area contributed by atoms with E-state index >= 15 is 0 Å². The van der Waals surface area contributed by atoms with Gasteiger partial charge in [0, 0.05) is 27.7 Å². The molecule has 0 spiro atoms. The highest BCUT2D eigenvalue weighted by molar-refractivity contribution is 6.36. The number of ether oxygens (including phenoxy) is 1. The van der Waals surface area contributed by atoms with Crippen LogP contribution < -0.4 is 4.74 Å². The third-order valence-corrected chi connectivity index (χ3v) is 3.68. The van der Waals surface area contributed by atoms with Crippen LogP contribution in [0.5, 0.6) is 5.75 Å². The van der Waals surface area contributed by atoms with Crippen LogP contribution in [-0.4, -0.2) is 4.92 Å². The lowest BCUT2D eigenvalue weighted by Gasteiger charge is -2.20. The molecule has 110 valence electrons. The highest BCUT2D eigenvalue weighted by atomic mass is 35.5. The van der Waals surface area contributed by atoms with Gasteiger partial charge in [-0.05, 0) is 30.7 Å². The molecule has 0 saturated carbocycles. The van der Waals surface area contributed by atoms with Crippen LogP contribution in [0, 0.1) is 10.1 Å². The summed E-state index contributed by atoms with van der Waals surface area (Å²) in [5.74, 6) is 0.531. The summed E-state index contributed by atoms with van der Waals surface area (Å²) >= 11 is 12.4. The summed E-state index contributed by atoms with van der Waals surface area (Å²) in [5, 5.41) is 11.7. The van der Waals surface area contributed by atoms with Gasteiger partial charge in [-0.2, -0.15) is 0 Å². The Morgan fingerprint density at radius 3 is 2.19 bits per heavy atom. The molecule has 0 saturated heterocycles. The van der Waals surface area contributed by atoms with Crippen LogP contribution in [0.15, 0.2) is 42.5 Å². The standard InChI is InChI=1S/C15H13Cl2NO3/c1-2-14(15-12(16)4-3-5-13(15)17)21-11-8-6-10(7-9-11)18(19)20/h3-9,14H,2H2,1H3. The Bertz CT molecular complexity index is 624. The Balaban J connectivity index is 2.25. The summed E-state index contributed by atoms with van der Waals surface area (Å²) in [6.07, 6.45) is 0.355. The second-order valence-electron chi connectivity index (χ2n) is 4.40. The van der Waals surface area contributed by atoms with Crippen LogP contribution in [-0.2, 0) is 0 Å². The van der Waals surface area contributed by atoms with Gasteiger partial charge in [0.15, 0.2) is 0 Å². The molecule has 6 heteroatoms. The number of rotatable bonds is 5. The molecule has 2 rings (SSSR count). The monoisotopic (exact) mass is 325 g/mol. The van der Waals surface area contributed by atoms with E-state index in [1.54, 1.807) is 30.3 Å². The van der Waals surface area contributed by atoms with Gasteiger partial charge >= 0.3 is 0 Å². The van der Waals surface area contributed by atoms with E-state index in [2.05, 4.69) is 0 Å². The van der Waals surface area contributed by atoms with Gasteiger partial charge in [-0.3, -0.25) is 10.1 Å². The third kappa shape index (κ3) is 3.65. The minimum Gasteiger partial charge on any atom is -0.486 e. The first-order valence-electron chi connectivity index (χ1n) is 6.38. The highest BCUT2D eigenvalue weighted by Crippen LogP contribution is 2.35. The Kier molecular flexibility index (Phi) is 5.04. The number of benzene rings is 2. The fourth-order valence-electron chi connectivity index (χ4n) is 1.98. The molecule has 4 nitrogen and oxygen atoms in total. The van der Waals surface area contributed by atoms with Crippen molar-refractivity contribution in [1.29, 1.82) is 0 Å². The van der Waals surface area contributed by atoms with Crippen molar-refractivity contribution in [1.82, 2.24) is 0 Å². The minimum absolute atomic E-state index is 0.0196. The Labute approximate surface area is 132 Å². The largest absolute Gasteiger partial charge is 0.486 e. The molecule has 1 unspecified atom stereocenters. The molecule has 0 aromatic heterocycles. The van der Waals surface area contributed by atoms with Gasteiger partial charge in [0.25, 0.3) is 5.69 Å². The molecule has 0 N–H and O–H groups in total.